The molecule has 3 aromatic rings. The lowest BCUT2D eigenvalue weighted by Crippen LogP contribution is -2.32. The average Bonchev–Trinajstić information content (AvgIpc) is 3.48. The van der Waals surface area contributed by atoms with Crippen LogP contribution < -0.4 is 0 Å². The van der Waals surface area contributed by atoms with E-state index in [-0.39, 0.29) is 5.92 Å². The summed E-state index contributed by atoms with van der Waals surface area (Å²) >= 11 is 0. The first-order valence-electron chi connectivity index (χ1n) is 11.7. The molecule has 3 heterocycles. The highest BCUT2D eigenvalue weighted by Crippen LogP contribution is 2.34. The first kappa shape index (κ1) is 21.0. The zero-order valence-corrected chi connectivity index (χ0v) is 18.4. The van der Waals surface area contributed by atoms with Gasteiger partial charge in [-0.05, 0) is 73.8 Å². The zero-order chi connectivity index (χ0) is 21.9. The second-order valence-corrected chi connectivity index (χ2v) is 9.10. The summed E-state index contributed by atoms with van der Waals surface area (Å²) in [6.45, 7) is 1.46. The molecule has 0 saturated carbocycles. The van der Waals surface area contributed by atoms with Gasteiger partial charge in [0.05, 0.1) is 6.26 Å². The summed E-state index contributed by atoms with van der Waals surface area (Å²) < 4.78 is 5.93. The highest BCUT2D eigenvalue weighted by molar-refractivity contribution is 5.75. The van der Waals surface area contributed by atoms with Crippen LogP contribution in [0.15, 0.2) is 59.2 Å². The third-order valence-electron chi connectivity index (χ3n) is 6.92. The van der Waals surface area contributed by atoms with Gasteiger partial charge in [0.2, 0.25) is 0 Å². The molecular weight excluding hydrogens is 400 g/mol. The number of carboxylic acid groups (broad SMARTS) is 1. The zero-order valence-electron chi connectivity index (χ0n) is 18.4. The van der Waals surface area contributed by atoms with Crippen molar-refractivity contribution in [2.24, 2.45) is 0 Å². The number of aryl methyl sites for hydroxylation is 4. The van der Waals surface area contributed by atoms with E-state index in [0.717, 1.165) is 49.2 Å². The summed E-state index contributed by atoms with van der Waals surface area (Å²) in [4.78, 5) is 18.9. The number of nitrogens with zero attached hydrogens (tertiary/aromatic N) is 2. The Bertz CT molecular complexity index is 1080. The number of aromatic nitrogens is 1. The van der Waals surface area contributed by atoms with Crippen LogP contribution in [0.5, 0.6) is 0 Å². The summed E-state index contributed by atoms with van der Waals surface area (Å²) in [5.41, 5.74) is 5.90. The van der Waals surface area contributed by atoms with Crippen molar-refractivity contribution in [1.82, 2.24) is 9.88 Å². The third kappa shape index (κ3) is 4.49. The lowest BCUT2D eigenvalue weighted by molar-refractivity contribution is -0.143. The van der Waals surface area contributed by atoms with Crippen LogP contribution in [0.3, 0.4) is 0 Å². The first-order valence-corrected chi connectivity index (χ1v) is 11.7. The highest BCUT2D eigenvalue weighted by Gasteiger charge is 2.35. The van der Waals surface area contributed by atoms with Gasteiger partial charge in [-0.1, -0.05) is 36.4 Å². The number of rotatable bonds is 7. The van der Waals surface area contributed by atoms with Crippen LogP contribution in [0.25, 0.3) is 0 Å². The van der Waals surface area contributed by atoms with Crippen molar-refractivity contribution in [1.29, 1.82) is 0 Å². The molecule has 5 heteroatoms. The predicted molar refractivity (Wildman–Crippen MR) is 123 cm³/mol. The van der Waals surface area contributed by atoms with Gasteiger partial charge >= 0.3 is 5.97 Å². The van der Waals surface area contributed by atoms with E-state index in [9.17, 15) is 9.90 Å². The Morgan fingerprint density at radius 1 is 1.12 bits per heavy atom. The molecule has 5 nitrogen and oxygen atoms in total. The van der Waals surface area contributed by atoms with Crippen molar-refractivity contribution >= 4 is 5.97 Å². The largest absolute Gasteiger partial charge is 0.480 e. The summed E-state index contributed by atoms with van der Waals surface area (Å²) in [5.74, 6) is 0.406. The van der Waals surface area contributed by atoms with Gasteiger partial charge in [0.25, 0.3) is 0 Å². The van der Waals surface area contributed by atoms with Gasteiger partial charge in [0, 0.05) is 30.4 Å². The molecule has 1 saturated heterocycles. The number of likely N-dealkylation sites (tertiary alicyclic amines) is 1. The van der Waals surface area contributed by atoms with E-state index >= 15 is 0 Å². The molecule has 1 aromatic carbocycles. The van der Waals surface area contributed by atoms with Crippen molar-refractivity contribution in [3.63, 3.8) is 0 Å². The van der Waals surface area contributed by atoms with Crippen LogP contribution in [0.2, 0.25) is 0 Å². The van der Waals surface area contributed by atoms with Crippen molar-refractivity contribution in [2.45, 2.75) is 56.9 Å². The van der Waals surface area contributed by atoms with E-state index in [1.807, 2.05) is 36.6 Å². The standard InChI is InChI=1S/C27H30N2O3/c30-27(31)26(21-7-2-1-3-8-21)29-15-14-22(17-29)25-16-19(18-32-25)10-12-23-13-11-20-6-4-5-9-24(20)28-23/h1-3,7-8,11,13,16,18,22,26H,4-6,9-10,12,14-15,17H2,(H,30,31)/t22?,26-/m0/s1. The van der Waals surface area contributed by atoms with Crippen molar-refractivity contribution < 1.29 is 14.3 Å². The molecule has 2 atom stereocenters. The topological polar surface area (TPSA) is 66.6 Å². The number of fused-ring (bicyclic) bond motifs is 1. The van der Waals surface area contributed by atoms with E-state index in [0.29, 0.717) is 6.54 Å². The van der Waals surface area contributed by atoms with E-state index in [4.69, 9.17) is 9.40 Å². The Hall–Kier alpha value is -2.92. The second kappa shape index (κ2) is 9.29. The fourth-order valence-electron chi connectivity index (χ4n) is 5.18. The number of aliphatic carboxylic acids is 1. The Morgan fingerprint density at radius 3 is 2.81 bits per heavy atom. The normalized spacial score (nSPS) is 19.6. The predicted octanol–water partition coefficient (Wildman–Crippen LogP) is 4.95. The molecule has 1 fully saturated rings. The maximum atomic E-state index is 12.0. The first-order chi connectivity index (χ1) is 15.7. The van der Waals surface area contributed by atoms with Crippen LogP contribution in [0.4, 0.5) is 0 Å². The summed E-state index contributed by atoms with van der Waals surface area (Å²) in [6, 6.07) is 15.5. The number of pyridine rings is 1. The third-order valence-corrected chi connectivity index (χ3v) is 6.92. The van der Waals surface area contributed by atoms with Crippen LogP contribution in [-0.2, 0) is 30.5 Å². The Balaban J connectivity index is 1.21. The van der Waals surface area contributed by atoms with Crippen LogP contribution in [0.1, 0.15) is 65.1 Å². The molecule has 0 radical (unpaired) electrons. The van der Waals surface area contributed by atoms with Crippen molar-refractivity contribution in [3.8, 4) is 0 Å². The molecule has 0 bridgehead atoms. The van der Waals surface area contributed by atoms with Crippen LogP contribution in [0, 0.1) is 0 Å². The summed E-state index contributed by atoms with van der Waals surface area (Å²) in [5, 5.41) is 9.83. The number of hydrogen-bond acceptors (Lipinski definition) is 4. The van der Waals surface area contributed by atoms with Gasteiger partial charge in [0.15, 0.2) is 0 Å². The van der Waals surface area contributed by atoms with E-state index in [1.165, 1.54) is 36.1 Å². The fourth-order valence-corrected chi connectivity index (χ4v) is 5.18. The Morgan fingerprint density at radius 2 is 1.97 bits per heavy atom. The summed E-state index contributed by atoms with van der Waals surface area (Å²) in [6.07, 6.45) is 9.41. The molecule has 2 aromatic heterocycles. The Kier molecular flexibility index (Phi) is 6.08. The van der Waals surface area contributed by atoms with Gasteiger partial charge in [0.1, 0.15) is 11.8 Å². The maximum absolute atomic E-state index is 12.0. The second-order valence-electron chi connectivity index (χ2n) is 9.10. The van der Waals surface area contributed by atoms with Gasteiger partial charge in [-0.3, -0.25) is 14.7 Å². The van der Waals surface area contributed by atoms with Gasteiger partial charge in [-0.25, -0.2) is 0 Å². The molecule has 1 N–H and O–H groups in total. The molecule has 32 heavy (non-hydrogen) atoms. The maximum Gasteiger partial charge on any atom is 0.325 e. The minimum Gasteiger partial charge on any atom is -0.480 e. The van der Waals surface area contributed by atoms with Crippen molar-refractivity contribution in [3.05, 3.63) is 88.6 Å². The number of carbonyl (C=O) groups is 1. The molecular formula is C27H30N2O3. The van der Waals surface area contributed by atoms with Crippen molar-refractivity contribution in [2.75, 3.05) is 13.1 Å². The van der Waals surface area contributed by atoms with Gasteiger partial charge in [-0.2, -0.15) is 0 Å². The Labute approximate surface area is 189 Å². The highest BCUT2D eigenvalue weighted by atomic mass is 16.4. The average molecular weight is 431 g/mol. The SMILES string of the molecule is O=C(O)[C@H](c1ccccc1)N1CCC(c2cc(CCc3ccc4c(n3)CCCC4)co2)C1. The number of benzene rings is 1. The molecule has 0 spiro atoms. The number of hydrogen-bond donors (Lipinski definition) is 1. The molecule has 1 aliphatic heterocycles. The van der Waals surface area contributed by atoms with Crippen LogP contribution >= 0.6 is 0 Å². The van der Waals surface area contributed by atoms with Gasteiger partial charge < -0.3 is 9.52 Å². The fraction of sp³-hybridized carbons (Fsp3) is 0.407. The summed E-state index contributed by atoms with van der Waals surface area (Å²) in [7, 11) is 0. The molecule has 2 aliphatic rings. The quantitative estimate of drug-likeness (QED) is 0.574. The lowest BCUT2D eigenvalue weighted by Gasteiger charge is -2.24. The smallest absolute Gasteiger partial charge is 0.325 e. The molecule has 1 aliphatic carbocycles. The lowest BCUT2D eigenvalue weighted by atomic mass is 9.95. The minimum absolute atomic E-state index is 0.233. The monoisotopic (exact) mass is 430 g/mol. The molecule has 166 valence electrons. The molecule has 5 rings (SSSR count). The van der Waals surface area contributed by atoms with E-state index < -0.39 is 12.0 Å². The molecule has 0 amide bonds. The number of carboxylic acids is 1. The number of furan rings is 1. The van der Waals surface area contributed by atoms with E-state index in [2.05, 4.69) is 23.1 Å². The van der Waals surface area contributed by atoms with Gasteiger partial charge in [-0.15, -0.1) is 0 Å². The van der Waals surface area contributed by atoms with Crippen LogP contribution in [-0.4, -0.2) is 34.0 Å². The molecule has 1 unspecified atom stereocenters. The minimum atomic E-state index is -0.797. The van der Waals surface area contributed by atoms with E-state index in [1.54, 1.807) is 0 Å².